The van der Waals surface area contributed by atoms with E-state index >= 15 is 0 Å². The highest BCUT2D eigenvalue weighted by molar-refractivity contribution is 14.1. The lowest BCUT2D eigenvalue weighted by Gasteiger charge is -2.26. The molecule has 0 spiro atoms. The normalized spacial score (nSPS) is 15.3. The number of allylic oxidation sites excluding steroid dienone is 1. The third-order valence-electron chi connectivity index (χ3n) is 5.85. The minimum atomic E-state index is -0.757. The molecule has 0 aliphatic carbocycles. The third-order valence-corrected chi connectivity index (χ3v) is 7.63. The highest BCUT2D eigenvalue weighted by atomic mass is 127. The van der Waals surface area contributed by atoms with Crippen molar-refractivity contribution >= 4 is 46.0 Å². The molecule has 0 fully saturated rings. The Morgan fingerprint density at radius 3 is 2.58 bits per heavy atom. The maximum atomic E-state index is 13.9. The molecule has 3 aromatic rings. The number of para-hydroxylation sites is 1. The van der Waals surface area contributed by atoms with Gasteiger partial charge >= 0.3 is 5.97 Å². The third kappa shape index (κ3) is 5.37. The Kier molecular flexibility index (Phi) is 8.61. The number of fused-ring (bicyclic) bond motifs is 1. The molecule has 0 amide bonds. The molecule has 2 aromatic carbocycles. The Balaban J connectivity index is 1.98. The van der Waals surface area contributed by atoms with E-state index in [9.17, 15) is 9.59 Å². The molecule has 2 heterocycles. The van der Waals surface area contributed by atoms with Crippen LogP contribution in [-0.4, -0.2) is 37.5 Å². The van der Waals surface area contributed by atoms with Crippen LogP contribution in [-0.2, 0) is 9.53 Å². The van der Waals surface area contributed by atoms with E-state index in [1.54, 1.807) is 38.7 Å². The molecule has 38 heavy (non-hydrogen) atoms. The number of halogens is 1. The van der Waals surface area contributed by atoms with Gasteiger partial charge in [-0.25, -0.2) is 9.79 Å². The van der Waals surface area contributed by atoms with E-state index < -0.39 is 12.0 Å². The summed E-state index contributed by atoms with van der Waals surface area (Å²) in [6.07, 6.45) is 1.70. The van der Waals surface area contributed by atoms with Crippen molar-refractivity contribution in [2.75, 3.05) is 20.8 Å². The largest absolute Gasteiger partial charge is 0.493 e. The van der Waals surface area contributed by atoms with Crippen molar-refractivity contribution in [3.05, 3.63) is 82.1 Å². The van der Waals surface area contributed by atoms with Crippen LogP contribution in [0.3, 0.4) is 0 Å². The molecule has 1 aliphatic heterocycles. The van der Waals surface area contributed by atoms with Crippen LogP contribution in [0.25, 0.3) is 6.08 Å². The molecule has 1 atom stereocenters. The van der Waals surface area contributed by atoms with Crippen molar-refractivity contribution in [2.45, 2.75) is 39.8 Å². The van der Waals surface area contributed by atoms with E-state index in [0.29, 0.717) is 43.4 Å². The van der Waals surface area contributed by atoms with Gasteiger partial charge in [0.15, 0.2) is 16.3 Å². The van der Waals surface area contributed by atoms with Gasteiger partial charge < -0.3 is 18.9 Å². The van der Waals surface area contributed by atoms with E-state index in [0.717, 1.165) is 9.13 Å². The number of nitrogens with zero attached hydrogens (tertiary/aromatic N) is 2. The number of carbonyl (C=O) groups is 1. The zero-order valence-electron chi connectivity index (χ0n) is 22.0. The molecule has 0 radical (unpaired) electrons. The topological polar surface area (TPSA) is 88.4 Å². The minimum absolute atomic E-state index is 0.101. The Hall–Kier alpha value is -3.12. The molecule has 1 aliphatic rings. The van der Waals surface area contributed by atoms with Crippen molar-refractivity contribution in [3.8, 4) is 17.2 Å². The van der Waals surface area contributed by atoms with E-state index in [1.807, 2.05) is 50.2 Å². The molecule has 1 aromatic heterocycles. The molecule has 0 unspecified atom stereocenters. The maximum Gasteiger partial charge on any atom is 0.338 e. The van der Waals surface area contributed by atoms with E-state index in [-0.39, 0.29) is 18.3 Å². The monoisotopic (exact) mass is 648 g/mol. The average Bonchev–Trinajstić information content (AvgIpc) is 3.17. The summed E-state index contributed by atoms with van der Waals surface area (Å²) < 4.78 is 25.3. The second kappa shape index (κ2) is 11.7. The van der Waals surface area contributed by atoms with Crippen LogP contribution in [0.15, 0.2) is 57.5 Å². The summed E-state index contributed by atoms with van der Waals surface area (Å²) in [5.41, 5.74) is 2.01. The highest BCUT2D eigenvalue weighted by Crippen LogP contribution is 2.36. The number of methoxy groups -OCH3 is 2. The van der Waals surface area contributed by atoms with Gasteiger partial charge in [-0.15, -0.1) is 0 Å². The lowest BCUT2D eigenvalue weighted by Crippen LogP contribution is -2.40. The van der Waals surface area contributed by atoms with Gasteiger partial charge in [-0.1, -0.05) is 29.5 Å². The molecule has 0 N–H and O–H groups in total. The quantitative estimate of drug-likeness (QED) is 0.269. The van der Waals surface area contributed by atoms with Crippen molar-refractivity contribution < 1.29 is 23.7 Å². The zero-order chi connectivity index (χ0) is 27.6. The molecule has 0 saturated heterocycles. The lowest BCUT2D eigenvalue weighted by molar-refractivity contribution is -0.139. The summed E-state index contributed by atoms with van der Waals surface area (Å²) in [7, 11) is 3.16. The Morgan fingerprint density at radius 2 is 1.92 bits per heavy atom. The fourth-order valence-electron chi connectivity index (χ4n) is 4.33. The molecule has 0 bridgehead atoms. The number of carbonyl (C=O) groups excluding carboxylic acids is 1. The lowest BCUT2D eigenvalue weighted by atomic mass is 9.95. The first-order valence-electron chi connectivity index (χ1n) is 12.1. The average molecular weight is 649 g/mol. The molecule has 10 heteroatoms. The molecular weight excluding hydrogens is 619 g/mol. The SMILES string of the molecule is CCOC(=O)C1=C(C)N=c2s/c(=C/c3cc(I)c(OC)c(OC)c3)c(=O)n2[C@H]1c1ccccc1OC(C)C. The van der Waals surface area contributed by atoms with Gasteiger partial charge in [0.2, 0.25) is 0 Å². The molecule has 200 valence electrons. The first-order valence-corrected chi connectivity index (χ1v) is 14.0. The van der Waals surface area contributed by atoms with Gasteiger partial charge in [0.25, 0.3) is 5.56 Å². The fourth-order valence-corrected chi connectivity index (χ4v) is 6.22. The summed E-state index contributed by atoms with van der Waals surface area (Å²) in [4.78, 5) is 32.3. The van der Waals surface area contributed by atoms with Gasteiger partial charge in [0, 0.05) is 5.56 Å². The number of ether oxygens (including phenoxy) is 4. The van der Waals surface area contributed by atoms with Gasteiger partial charge in [0.05, 0.1) is 46.3 Å². The van der Waals surface area contributed by atoms with Crippen molar-refractivity contribution in [1.82, 2.24) is 4.57 Å². The highest BCUT2D eigenvalue weighted by Gasteiger charge is 2.35. The second-order valence-electron chi connectivity index (χ2n) is 8.74. The van der Waals surface area contributed by atoms with E-state index in [1.165, 1.54) is 11.3 Å². The van der Waals surface area contributed by atoms with Gasteiger partial charge in [-0.3, -0.25) is 9.36 Å². The smallest absolute Gasteiger partial charge is 0.338 e. The van der Waals surface area contributed by atoms with Gasteiger partial charge in [0.1, 0.15) is 11.8 Å². The zero-order valence-corrected chi connectivity index (χ0v) is 25.0. The van der Waals surface area contributed by atoms with Crippen molar-refractivity contribution in [3.63, 3.8) is 0 Å². The number of rotatable bonds is 8. The first kappa shape index (κ1) is 27.9. The van der Waals surface area contributed by atoms with Crippen LogP contribution in [0.1, 0.15) is 44.9 Å². The number of thiazole rings is 1. The van der Waals surface area contributed by atoms with Gasteiger partial charge in [-0.2, -0.15) is 0 Å². The van der Waals surface area contributed by atoms with Crippen LogP contribution < -0.4 is 29.1 Å². The van der Waals surface area contributed by atoms with Crippen LogP contribution in [0.5, 0.6) is 17.2 Å². The summed E-state index contributed by atoms with van der Waals surface area (Å²) in [5.74, 6) is 1.27. The van der Waals surface area contributed by atoms with Crippen LogP contribution in [0.2, 0.25) is 0 Å². The minimum Gasteiger partial charge on any atom is -0.493 e. The number of hydrogen-bond donors (Lipinski definition) is 0. The number of benzene rings is 2. The maximum absolute atomic E-state index is 13.9. The van der Waals surface area contributed by atoms with Crippen molar-refractivity contribution in [1.29, 1.82) is 0 Å². The number of aromatic nitrogens is 1. The molecule has 8 nitrogen and oxygen atoms in total. The van der Waals surface area contributed by atoms with Crippen LogP contribution in [0.4, 0.5) is 0 Å². The summed E-state index contributed by atoms with van der Waals surface area (Å²) in [6, 6.07) is 10.4. The van der Waals surface area contributed by atoms with Crippen LogP contribution in [0, 0.1) is 3.57 Å². The second-order valence-corrected chi connectivity index (χ2v) is 10.9. The summed E-state index contributed by atoms with van der Waals surface area (Å²) in [6.45, 7) is 7.58. The van der Waals surface area contributed by atoms with E-state index in [2.05, 4.69) is 27.6 Å². The summed E-state index contributed by atoms with van der Waals surface area (Å²) in [5, 5.41) is 0. The predicted octanol–water partition coefficient (Wildman–Crippen LogP) is 4.21. The molecule has 4 rings (SSSR count). The Labute approximate surface area is 238 Å². The summed E-state index contributed by atoms with van der Waals surface area (Å²) >= 11 is 3.43. The van der Waals surface area contributed by atoms with Crippen LogP contribution >= 0.6 is 33.9 Å². The van der Waals surface area contributed by atoms with Crippen molar-refractivity contribution in [2.24, 2.45) is 4.99 Å². The number of hydrogen-bond acceptors (Lipinski definition) is 8. The molecule has 0 saturated carbocycles. The fraction of sp³-hybridized carbons (Fsp3) is 0.321. The predicted molar refractivity (Wildman–Crippen MR) is 155 cm³/mol. The standard InChI is InChI=1S/C28H29IN2O6S/c1-7-36-27(33)23-16(4)30-28-31(24(23)18-10-8-9-11-20(18)37-15(2)3)26(32)22(38-28)14-17-12-19(29)25(35-6)21(13-17)34-5/h8-15,24H,7H2,1-6H3/b22-14+/t24-/m0/s1. The Morgan fingerprint density at radius 1 is 1.18 bits per heavy atom. The number of esters is 1. The Bertz CT molecular complexity index is 1590. The van der Waals surface area contributed by atoms with E-state index in [4.69, 9.17) is 18.9 Å². The first-order chi connectivity index (χ1) is 18.2. The van der Waals surface area contributed by atoms with Gasteiger partial charge in [-0.05, 0) is 80.1 Å². The molecular formula is C28H29IN2O6S.